The molecule has 0 spiro atoms. The van der Waals surface area contributed by atoms with Crippen LogP contribution in [0.25, 0.3) is 0 Å². The molecule has 0 aromatic heterocycles. The number of nitrogens with one attached hydrogen (secondary N) is 1. The number of anilines is 1. The number of nitrogens with zero attached hydrogens (tertiary/aromatic N) is 1. The Hall–Kier alpha value is -1.80. The first kappa shape index (κ1) is 18.6. The maximum Gasteiger partial charge on any atom is 0.0340 e. The monoisotopic (exact) mass is 362 g/mol. The average molecular weight is 363 g/mol. The number of rotatable bonds is 6. The summed E-state index contributed by atoms with van der Waals surface area (Å²) in [7, 11) is 0. The van der Waals surface area contributed by atoms with Crippen molar-refractivity contribution in [1.82, 2.24) is 4.90 Å². The average Bonchev–Trinajstić information content (AvgIpc) is 3.11. The molecule has 2 aromatic carbocycles. The minimum atomic E-state index is 0.229. The summed E-state index contributed by atoms with van der Waals surface area (Å²) in [5.74, 6) is 2.67. The lowest BCUT2D eigenvalue weighted by Gasteiger charge is -2.21. The quantitative estimate of drug-likeness (QED) is 0.746. The zero-order valence-corrected chi connectivity index (χ0v) is 17.3. The Labute approximate surface area is 165 Å². The van der Waals surface area contributed by atoms with Crippen molar-refractivity contribution in [3.05, 3.63) is 65.2 Å². The summed E-state index contributed by atoms with van der Waals surface area (Å²) in [6.07, 6.45) is 1.13. The largest absolute Gasteiger partial charge is 0.385 e. The highest BCUT2D eigenvalue weighted by Crippen LogP contribution is 2.51. The van der Waals surface area contributed by atoms with Gasteiger partial charge in [0.15, 0.2) is 0 Å². The zero-order chi connectivity index (χ0) is 19.0. The van der Waals surface area contributed by atoms with Gasteiger partial charge in [-0.2, -0.15) is 0 Å². The molecule has 1 N–H and O–H groups in total. The Morgan fingerprint density at radius 1 is 0.889 bits per heavy atom. The normalized spacial score (nSPS) is 24.7. The van der Waals surface area contributed by atoms with Gasteiger partial charge in [0.05, 0.1) is 0 Å². The molecule has 2 heteroatoms. The van der Waals surface area contributed by atoms with Gasteiger partial charge < -0.3 is 5.32 Å². The Balaban J connectivity index is 1.22. The molecule has 1 saturated carbocycles. The molecule has 27 heavy (non-hydrogen) atoms. The van der Waals surface area contributed by atoms with Crippen LogP contribution in [0.4, 0.5) is 5.69 Å². The standard InChI is InChI=1S/C25H34N2/c1-5-18-6-8-19(9-7-18)15-27-16-23-22(24(23)17-27)14-26-21-12-10-20(11-13-21)25(2,3)4/h6-13,22-24,26H,5,14-17H2,1-4H3. The first-order valence-electron chi connectivity index (χ1n) is 10.6. The van der Waals surface area contributed by atoms with Crippen LogP contribution in [0.1, 0.15) is 44.4 Å². The topological polar surface area (TPSA) is 15.3 Å². The van der Waals surface area contributed by atoms with E-state index in [9.17, 15) is 0 Å². The second-order valence-corrected chi connectivity index (χ2v) is 9.56. The van der Waals surface area contributed by atoms with Crippen molar-refractivity contribution in [3.63, 3.8) is 0 Å². The lowest BCUT2D eigenvalue weighted by Crippen LogP contribution is -2.25. The van der Waals surface area contributed by atoms with E-state index in [1.807, 2.05) is 0 Å². The number of piperidine rings is 1. The molecular weight excluding hydrogens is 328 g/mol. The number of aryl methyl sites for hydroxylation is 1. The molecule has 2 aliphatic rings. The second-order valence-electron chi connectivity index (χ2n) is 9.56. The molecule has 1 heterocycles. The molecule has 2 atom stereocenters. The van der Waals surface area contributed by atoms with Crippen molar-refractivity contribution in [3.8, 4) is 0 Å². The van der Waals surface area contributed by atoms with Crippen molar-refractivity contribution in [1.29, 1.82) is 0 Å². The molecular formula is C25H34N2. The smallest absolute Gasteiger partial charge is 0.0340 e. The highest BCUT2D eigenvalue weighted by Gasteiger charge is 2.54. The summed E-state index contributed by atoms with van der Waals surface area (Å²) in [4.78, 5) is 2.64. The van der Waals surface area contributed by atoms with Crippen LogP contribution < -0.4 is 5.32 Å². The lowest BCUT2D eigenvalue weighted by atomic mass is 9.87. The molecule has 2 nitrogen and oxygen atoms in total. The van der Waals surface area contributed by atoms with Gasteiger partial charge in [-0.3, -0.25) is 4.90 Å². The van der Waals surface area contributed by atoms with Crippen LogP contribution >= 0.6 is 0 Å². The fraction of sp³-hybridized carbons (Fsp3) is 0.520. The highest BCUT2D eigenvalue weighted by molar-refractivity contribution is 5.46. The number of fused-ring (bicyclic) bond motifs is 1. The fourth-order valence-corrected chi connectivity index (χ4v) is 4.63. The molecule has 2 aromatic rings. The van der Waals surface area contributed by atoms with Gasteiger partial charge in [0.1, 0.15) is 0 Å². The third-order valence-corrected chi connectivity index (χ3v) is 6.58. The van der Waals surface area contributed by atoms with E-state index in [1.165, 1.54) is 35.5 Å². The Morgan fingerprint density at radius 2 is 1.48 bits per heavy atom. The van der Waals surface area contributed by atoms with E-state index < -0.39 is 0 Å². The van der Waals surface area contributed by atoms with E-state index in [1.54, 1.807) is 0 Å². The number of hydrogen-bond acceptors (Lipinski definition) is 2. The molecule has 2 fully saturated rings. The molecule has 1 aliphatic heterocycles. The molecule has 0 amide bonds. The van der Waals surface area contributed by atoms with Gasteiger partial charge in [-0.1, -0.05) is 64.1 Å². The van der Waals surface area contributed by atoms with E-state index >= 15 is 0 Å². The van der Waals surface area contributed by atoms with E-state index in [0.717, 1.165) is 37.3 Å². The number of hydrogen-bond donors (Lipinski definition) is 1. The van der Waals surface area contributed by atoms with Crippen LogP contribution in [0.5, 0.6) is 0 Å². The minimum absolute atomic E-state index is 0.229. The van der Waals surface area contributed by atoms with Crippen LogP contribution in [0.15, 0.2) is 48.5 Å². The summed E-state index contributed by atoms with van der Waals surface area (Å²) in [5.41, 5.74) is 5.79. The van der Waals surface area contributed by atoms with Crippen LogP contribution in [0, 0.1) is 17.8 Å². The number of benzene rings is 2. The van der Waals surface area contributed by atoms with Crippen LogP contribution in [-0.4, -0.2) is 24.5 Å². The molecule has 144 valence electrons. The van der Waals surface area contributed by atoms with Crippen molar-refractivity contribution in [2.24, 2.45) is 17.8 Å². The Bertz CT molecular complexity index is 742. The lowest BCUT2D eigenvalue weighted by molar-refractivity contribution is 0.280. The summed E-state index contributed by atoms with van der Waals surface area (Å²) in [6, 6.07) is 18.2. The third kappa shape index (κ3) is 4.21. The summed E-state index contributed by atoms with van der Waals surface area (Å²) in [5, 5.41) is 3.67. The fourth-order valence-electron chi connectivity index (χ4n) is 4.63. The maximum atomic E-state index is 3.67. The van der Waals surface area contributed by atoms with Crippen molar-refractivity contribution < 1.29 is 0 Å². The molecule has 0 bridgehead atoms. The summed E-state index contributed by atoms with van der Waals surface area (Å²) < 4.78 is 0. The SMILES string of the molecule is CCc1ccc(CN2CC3C(CNc4ccc(C(C)(C)C)cc4)C3C2)cc1. The first-order chi connectivity index (χ1) is 12.9. The Kier molecular flexibility index (Phi) is 5.03. The van der Waals surface area contributed by atoms with Gasteiger partial charge in [-0.25, -0.2) is 0 Å². The highest BCUT2D eigenvalue weighted by atomic mass is 15.2. The molecule has 1 saturated heterocycles. The first-order valence-corrected chi connectivity index (χ1v) is 10.6. The maximum absolute atomic E-state index is 3.67. The van der Waals surface area contributed by atoms with Crippen LogP contribution in [0.2, 0.25) is 0 Å². The predicted octanol–water partition coefficient (Wildman–Crippen LogP) is 5.34. The summed E-state index contributed by atoms with van der Waals surface area (Å²) >= 11 is 0. The molecule has 4 rings (SSSR count). The number of likely N-dealkylation sites (tertiary alicyclic amines) is 1. The Morgan fingerprint density at radius 3 is 2.04 bits per heavy atom. The second kappa shape index (κ2) is 7.31. The van der Waals surface area contributed by atoms with E-state index in [-0.39, 0.29) is 5.41 Å². The molecule has 1 aliphatic carbocycles. The van der Waals surface area contributed by atoms with Gasteiger partial charge in [0.25, 0.3) is 0 Å². The van der Waals surface area contributed by atoms with Gasteiger partial charge in [-0.15, -0.1) is 0 Å². The molecule has 2 unspecified atom stereocenters. The zero-order valence-electron chi connectivity index (χ0n) is 17.3. The van der Waals surface area contributed by atoms with Gasteiger partial charge in [0.2, 0.25) is 0 Å². The van der Waals surface area contributed by atoms with Crippen molar-refractivity contribution in [2.75, 3.05) is 25.0 Å². The molecule has 0 radical (unpaired) electrons. The van der Waals surface area contributed by atoms with E-state index in [0.29, 0.717) is 0 Å². The van der Waals surface area contributed by atoms with E-state index in [4.69, 9.17) is 0 Å². The van der Waals surface area contributed by atoms with Crippen LogP contribution in [-0.2, 0) is 18.4 Å². The minimum Gasteiger partial charge on any atom is -0.385 e. The van der Waals surface area contributed by atoms with Crippen molar-refractivity contribution >= 4 is 5.69 Å². The van der Waals surface area contributed by atoms with Crippen LogP contribution in [0.3, 0.4) is 0 Å². The summed E-state index contributed by atoms with van der Waals surface area (Å²) in [6.45, 7) is 13.8. The van der Waals surface area contributed by atoms with Crippen molar-refractivity contribution in [2.45, 2.75) is 46.1 Å². The van der Waals surface area contributed by atoms with E-state index in [2.05, 4.69) is 86.4 Å². The van der Waals surface area contributed by atoms with Gasteiger partial charge in [0, 0.05) is 31.9 Å². The third-order valence-electron chi connectivity index (χ3n) is 6.58. The van der Waals surface area contributed by atoms with Gasteiger partial charge >= 0.3 is 0 Å². The van der Waals surface area contributed by atoms with Gasteiger partial charge in [-0.05, 0) is 58.4 Å². The predicted molar refractivity (Wildman–Crippen MR) is 115 cm³/mol.